The first kappa shape index (κ1) is 20.2. The Labute approximate surface area is 152 Å². The Balaban J connectivity index is 1.91. The molecule has 0 saturated carbocycles. The van der Waals surface area contributed by atoms with Crippen molar-refractivity contribution in [3.05, 3.63) is 41.8 Å². The highest BCUT2D eigenvalue weighted by Crippen LogP contribution is 2.21. The van der Waals surface area contributed by atoms with Crippen LogP contribution in [0.1, 0.15) is 0 Å². The van der Waals surface area contributed by atoms with Crippen LogP contribution >= 0.6 is 11.3 Å². The molecule has 0 spiro atoms. The topological polar surface area (TPSA) is 75.7 Å². The third-order valence-electron chi connectivity index (χ3n) is 3.07. The number of ether oxygens (including phenoxy) is 1. The van der Waals surface area contributed by atoms with Crippen LogP contribution in [0.15, 0.2) is 46.0 Å². The maximum absolute atomic E-state index is 12.2. The minimum atomic E-state index is -4.44. The number of thiophene rings is 1. The van der Waals surface area contributed by atoms with Crippen molar-refractivity contribution in [3.8, 4) is 5.75 Å². The number of hydrogen-bond acceptors (Lipinski definition) is 5. The van der Waals surface area contributed by atoms with Crippen molar-refractivity contribution < 1.29 is 31.1 Å². The molecule has 0 fully saturated rings. The molecule has 1 amide bonds. The molecule has 26 heavy (non-hydrogen) atoms. The fourth-order valence-electron chi connectivity index (χ4n) is 1.85. The molecule has 1 heterocycles. The molecule has 0 aliphatic rings. The van der Waals surface area contributed by atoms with E-state index in [-0.39, 0.29) is 9.96 Å². The minimum Gasteiger partial charge on any atom is -0.484 e. The van der Waals surface area contributed by atoms with Crippen LogP contribution in [-0.2, 0) is 14.8 Å². The van der Waals surface area contributed by atoms with Gasteiger partial charge in [-0.2, -0.15) is 17.5 Å². The van der Waals surface area contributed by atoms with Gasteiger partial charge in [-0.15, -0.1) is 11.3 Å². The molecule has 2 aromatic rings. The summed E-state index contributed by atoms with van der Waals surface area (Å²) in [5.41, 5.74) is 0.302. The summed E-state index contributed by atoms with van der Waals surface area (Å²) in [6.07, 6.45) is -4.44. The molecule has 0 atom stereocenters. The standard InChI is InChI=1S/C15H15F3N2O4S2/c1-20(26(22,23)14-3-2-8-25-14)9-13(21)19-11-4-6-12(7-5-11)24-10-15(16,17)18/h2-8H,9-10H2,1H3,(H,19,21). The van der Waals surface area contributed by atoms with Gasteiger partial charge in [0, 0.05) is 12.7 Å². The molecule has 11 heteroatoms. The molecule has 2 rings (SSSR count). The number of benzene rings is 1. The monoisotopic (exact) mass is 408 g/mol. The molecule has 0 saturated heterocycles. The van der Waals surface area contributed by atoms with Gasteiger partial charge in [-0.3, -0.25) is 4.79 Å². The van der Waals surface area contributed by atoms with Crippen LogP contribution < -0.4 is 10.1 Å². The van der Waals surface area contributed by atoms with Crippen LogP contribution in [0.3, 0.4) is 0 Å². The molecule has 0 aliphatic carbocycles. The summed E-state index contributed by atoms with van der Waals surface area (Å²) >= 11 is 1.04. The van der Waals surface area contributed by atoms with Gasteiger partial charge in [-0.1, -0.05) is 6.07 Å². The van der Waals surface area contributed by atoms with Gasteiger partial charge in [0.2, 0.25) is 5.91 Å². The second-order valence-electron chi connectivity index (χ2n) is 5.17. The van der Waals surface area contributed by atoms with Gasteiger partial charge >= 0.3 is 6.18 Å². The lowest BCUT2D eigenvalue weighted by molar-refractivity contribution is -0.153. The highest BCUT2D eigenvalue weighted by atomic mass is 32.2. The number of nitrogens with zero attached hydrogens (tertiary/aromatic N) is 1. The summed E-state index contributed by atoms with van der Waals surface area (Å²) in [6, 6.07) is 8.29. The number of carbonyl (C=O) groups excluding carboxylic acids is 1. The molecule has 142 valence electrons. The quantitative estimate of drug-likeness (QED) is 0.764. The highest BCUT2D eigenvalue weighted by Gasteiger charge is 2.28. The zero-order chi connectivity index (χ0) is 19.4. The molecule has 6 nitrogen and oxygen atoms in total. The van der Waals surface area contributed by atoms with E-state index in [1.807, 2.05) is 0 Å². The van der Waals surface area contributed by atoms with E-state index >= 15 is 0 Å². The molecule has 1 aromatic carbocycles. The molecule has 0 radical (unpaired) electrons. The first-order valence-corrected chi connectivity index (χ1v) is 9.49. The van der Waals surface area contributed by atoms with Gasteiger partial charge in [0.25, 0.3) is 10.0 Å². The maximum Gasteiger partial charge on any atom is 0.422 e. The molecule has 0 aliphatic heterocycles. The first-order chi connectivity index (χ1) is 12.1. The van der Waals surface area contributed by atoms with Crippen molar-refractivity contribution in [2.45, 2.75) is 10.4 Å². The lowest BCUT2D eigenvalue weighted by Gasteiger charge is -2.16. The van der Waals surface area contributed by atoms with Crippen molar-refractivity contribution in [2.24, 2.45) is 0 Å². The van der Waals surface area contributed by atoms with Crippen molar-refractivity contribution in [2.75, 3.05) is 25.5 Å². The van der Waals surface area contributed by atoms with Crippen molar-refractivity contribution >= 4 is 33.0 Å². The third-order valence-corrected chi connectivity index (χ3v) is 6.24. The first-order valence-electron chi connectivity index (χ1n) is 7.17. The minimum absolute atomic E-state index is 0.00212. The Hall–Kier alpha value is -2.11. The smallest absolute Gasteiger partial charge is 0.422 e. The van der Waals surface area contributed by atoms with Crippen LogP contribution in [-0.4, -0.2) is 45.0 Å². The Morgan fingerprint density at radius 3 is 2.42 bits per heavy atom. The zero-order valence-electron chi connectivity index (χ0n) is 13.5. The van der Waals surface area contributed by atoms with E-state index in [0.717, 1.165) is 15.6 Å². The molecular formula is C15H15F3N2O4S2. The Bertz CT molecular complexity index is 835. The average Bonchev–Trinajstić information content (AvgIpc) is 3.08. The average molecular weight is 408 g/mol. The van der Waals surface area contributed by atoms with Crippen LogP contribution in [0.2, 0.25) is 0 Å². The second kappa shape index (κ2) is 8.06. The number of alkyl halides is 3. The number of rotatable bonds is 7. The lowest BCUT2D eigenvalue weighted by Crippen LogP contribution is -2.34. The Morgan fingerprint density at radius 1 is 1.23 bits per heavy atom. The van der Waals surface area contributed by atoms with E-state index in [1.54, 1.807) is 11.4 Å². The summed E-state index contributed by atoms with van der Waals surface area (Å²) < 4.78 is 66.3. The third kappa shape index (κ3) is 5.71. The highest BCUT2D eigenvalue weighted by molar-refractivity contribution is 7.91. The van der Waals surface area contributed by atoms with Gasteiger partial charge in [0.15, 0.2) is 6.61 Å². The zero-order valence-corrected chi connectivity index (χ0v) is 15.1. The van der Waals surface area contributed by atoms with Gasteiger partial charge < -0.3 is 10.1 Å². The number of halogens is 3. The lowest BCUT2D eigenvalue weighted by atomic mass is 10.3. The van der Waals surface area contributed by atoms with Gasteiger partial charge in [0.05, 0.1) is 6.54 Å². The number of hydrogen-bond donors (Lipinski definition) is 1. The van der Waals surface area contributed by atoms with E-state index in [0.29, 0.717) is 5.69 Å². The molecular weight excluding hydrogens is 393 g/mol. The van der Waals surface area contributed by atoms with Gasteiger partial charge in [-0.05, 0) is 35.7 Å². The van der Waals surface area contributed by atoms with Crippen LogP contribution in [0.5, 0.6) is 5.75 Å². The Morgan fingerprint density at radius 2 is 1.88 bits per heavy atom. The SMILES string of the molecule is CN(CC(=O)Nc1ccc(OCC(F)(F)F)cc1)S(=O)(=O)c1cccs1. The summed E-state index contributed by atoms with van der Waals surface area (Å²) in [6.45, 7) is -1.82. The second-order valence-corrected chi connectivity index (χ2v) is 8.39. The van der Waals surface area contributed by atoms with E-state index in [1.165, 1.54) is 37.4 Å². The van der Waals surface area contributed by atoms with Crippen LogP contribution in [0.25, 0.3) is 0 Å². The Kier molecular flexibility index (Phi) is 6.26. The maximum atomic E-state index is 12.2. The normalized spacial score (nSPS) is 12.2. The van der Waals surface area contributed by atoms with E-state index in [2.05, 4.69) is 10.1 Å². The van der Waals surface area contributed by atoms with Crippen molar-refractivity contribution in [1.29, 1.82) is 0 Å². The summed E-state index contributed by atoms with van der Waals surface area (Å²) in [5, 5.41) is 4.08. The number of nitrogens with one attached hydrogen (secondary N) is 1. The fourth-order valence-corrected chi connectivity index (χ4v) is 4.18. The summed E-state index contributed by atoms with van der Waals surface area (Å²) in [4.78, 5) is 12.0. The number of amides is 1. The largest absolute Gasteiger partial charge is 0.484 e. The molecule has 0 bridgehead atoms. The van der Waals surface area contributed by atoms with E-state index < -0.39 is 35.3 Å². The number of carbonyl (C=O) groups is 1. The van der Waals surface area contributed by atoms with Gasteiger partial charge in [0.1, 0.15) is 9.96 Å². The fraction of sp³-hybridized carbons (Fsp3) is 0.267. The van der Waals surface area contributed by atoms with E-state index in [4.69, 9.17) is 0 Å². The number of likely N-dealkylation sites (N-methyl/N-ethyl adjacent to an activating group) is 1. The predicted octanol–water partition coefficient (Wildman–Crippen LogP) is 2.95. The van der Waals surface area contributed by atoms with E-state index in [9.17, 15) is 26.4 Å². The van der Waals surface area contributed by atoms with Crippen LogP contribution in [0.4, 0.5) is 18.9 Å². The number of sulfonamides is 1. The number of anilines is 1. The van der Waals surface area contributed by atoms with Crippen molar-refractivity contribution in [3.63, 3.8) is 0 Å². The molecule has 0 unspecified atom stereocenters. The van der Waals surface area contributed by atoms with Crippen molar-refractivity contribution in [1.82, 2.24) is 4.31 Å². The van der Waals surface area contributed by atoms with Crippen LogP contribution in [0, 0.1) is 0 Å². The van der Waals surface area contributed by atoms with Gasteiger partial charge in [-0.25, -0.2) is 8.42 Å². The summed E-state index contributed by atoms with van der Waals surface area (Å²) in [5.74, 6) is -0.589. The molecule has 1 aromatic heterocycles. The molecule has 1 N–H and O–H groups in total. The predicted molar refractivity (Wildman–Crippen MR) is 90.8 cm³/mol. The summed E-state index contributed by atoms with van der Waals surface area (Å²) in [7, 11) is -2.47.